The second-order valence-electron chi connectivity index (χ2n) is 9.47. The Balaban J connectivity index is 1.43. The van der Waals surface area contributed by atoms with Crippen LogP contribution < -0.4 is 10.2 Å². The normalized spacial score (nSPS) is 16.2. The highest BCUT2D eigenvalue weighted by atomic mass is 35.5. The SMILES string of the molecule is CN1C(=O)CCc2ccc(NC(=O)c3ccc(-c4cccc(Cl)c4)c(CN4CCCCC4)c3)cc21. The lowest BCUT2D eigenvalue weighted by atomic mass is 9.96. The van der Waals surface area contributed by atoms with Crippen molar-refractivity contribution in [3.8, 4) is 11.1 Å². The third kappa shape index (κ3) is 5.26. The number of halogens is 1. The highest BCUT2D eigenvalue weighted by Gasteiger charge is 2.22. The lowest BCUT2D eigenvalue weighted by Crippen LogP contribution is -2.31. The smallest absolute Gasteiger partial charge is 0.255 e. The van der Waals surface area contributed by atoms with Crippen LogP contribution in [0.2, 0.25) is 5.02 Å². The van der Waals surface area contributed by atoms with Crippen molar-refractivity contribution in [2.75, 3.05) is 30.4 Å². The molecule has 35 heavy (non-hydrogen) atoms. The van der Waals surface area contributed by atoms with Crippen LogP contribution in [0.4, 0.5) is 11.4 Å². The predicted molar refractivity (Wildman–Crippen MR) is 142 cm³/mol. The first-order valence-corrected chi connectivity index (χ1v) is 12.7. The van der Waals surface area contributed by atoms with Gasteiger partial charge in [0.1, 0.15) is 0 Å². The van der Waals surface area contributed by atoms with Crippen LogP contribution in [-0.2, 0) is 17.8 Å². The highest BCUT2D eigenvalue weighted by Crippen LogP contribution is 2.31. The number of hydrogen-bond acceptors (Lipinski definition) is 3. The van der Waals surface area contributed by atoms with Gasteiger partial charge in [-0.05, 0) is 91.0 Å². The summed E-state index contributed by atoms with van der Waals surface area (Å²) in [5, 5.41) is 3.73. The van der Waals surface area contributed by atoms with Gasteiger partial charge in [0, 0.05) is 42.0 Å². The van der Waals surface area contributed by atoms with Crippen LogP contribution in [0, 0.1) is 0 Å². The molecule has 1 N–H and O–H groups in total. The number of fused-ring (bicyclic) bond motifs is 1. The van der Waals surface area contributed by atoms with Crippen LogP contribution in [0.3, 0.4) is 0 Å². The third-order valence-electron chi connectivity index (χ3n) is 7.03. The Kier molecular flexibility index (Phi) is 6.89. The minimum atomic E-state index is -0.160. The largest absolute Gasteiger partial charge is 0.322 e. The summed E-state index contributed by atoms with van der Waals surface area (Å²) in [7, 11) is 1.79. The van der Waals surface area contributed by atoms with Crippen molar-refractivity contribution in [2.24, 2.45) is 0 Å². The van der Waals surface area contributed by atoms with Crippen molar-refractivity contribution in [2.45, 2.75) is 38.6 Å². The van der Waals surface area contributed by atoms with Gasteiger partial charge in [0.05, 0.1) is 0 Å². The lowest BCUT2D eigenvalue weighted by Gasteiger charge is -2.27. The number of benzene rings is 3. The first-order chi connectivity index (χ1) is 17.0. The number of likely N-dealkylation sites (tertiary alicyclic amines) is 1. The van der Waals surface area contributed by atoms with Crippen LogP contribution in [0.5, 0.6) is 0 Å². The standard InChI is InChI=1S/C29H30ClN3O2/c1-32-27-18-25(11-8-20(27)10-13-28(32)34)31-29(35)22-9-12-26(21-6-5-7-24(30)17-21)23(16-22)19-33-14-3-2-4-15-33/h5-9,11-12,16-18H,2-4,10,13-15,19H2,1H3,(H,31,35). The molecule has 2 aliphatic rings. The summed E-state index contributed by atoms with van der Waals surface area (Å²) < 4.78 is 0. The maximum Gasteiger partial charge on any atom is 0.255 e. The molecule has 6 heteroatoms. The van der Waals surface area contributed by atoms with Crippen LogP contribution in [0.1, 0.15) is 47.2 Å². The molecule has 0 unspecified atom stereocenters. The summed E-state index contributed by atoms with van der Waals surface area (Å²) in [6.45, 7) is 2.95. The Bertz CT molecular complexity index is 1270. The number of anilines is 2. The van der Waals surface area contributed by atoms with E-state index in [4.69, 9.17) is 11.6 Å². The molecule has 3 aromatic carbocycles. The van der Waals surface area contributed by atoms with E-state index in [1.165, 1.54) is 19.3 Å². The summed E-state index contributed by atoms with van der Waals surface area (Å²) in [5.74, 6) is -0.0628. The quantitative estimate of drug-likeness (QED) is 0.469. The summed E-state index contributed by atoms with van der Waals surface area (Å²) in [5.41, 5.74) is 6.57. The predicted octanol–water partition coefficient (Wildman–Crippen LogP) is 6.15. The molecule has 5 nitrogen and oxygen atoms in total. The van der Waals surface area contributed by atoms with Crippen LogP contribution in [0.15, 0.2) is 60.7 Å². The topological polar surface area (TPSA) is 52.7 Å². The van der Waals surface area contributed by atoms with E-state index < -0.39 is 0 Å². The number of nitrogens with zero attached hydrogens (tertiary/aromatic N) is 2. The number of piperidine rings is 1. The van der Waals surface area contributed by atoms with E-state index in [-0.39, 0.29) is 11.8 Å². The Morgan fingerprint density at radius 1 is 0.971 bits per heavy atom. The van der Waals surface area contributed by atoms with E-state index in [1.807, 2.05) is 54.6 Å². The molecule has 2 amide bonds. The van der Waals surface area contributed by atoms with E-state index in [9.17, 15) is 9.59 Å². The van der Waals surface area contributed by atoms with E-state index in [0.29, 0.717) is 22.7 Å². The molecular formula is C29H30ClN3O2. The van der Waals surface area contributed by atoms with Gasteiger partial charge in [-0.1, -0.05) is 42.3 Å². The summed E-state index contributed by atoms with van der Waals surface area (Å²) >= 11 is 6.28. The monoisotopic (exact) mass is 487 g/mol. The number of carbonyl (C=O) groups is 2. The lowest BCUT2D eigenvalue weighted by molar-refractivity contribution is -0.118. The van der Waals surface area contributed by atoms with Gasteiger partial charge in [0.2, 0.25) is 5.91 Å². The molecule has 5 rings (SSSR count). The number of hydrogen-bond donors (Lipinski definition) is 1. The van der Waals surface area contributed by atoms with Gasteiger partial charge in [-0.3, -0.25) is 14.5 Å². The van der Waals surface area contributed by atoms with Crippen LogP contribution in [0.25, 0.3) is 11.1 Å². The maximum atomic E-state index is 13.2. The average Bonchev–Trinajstić information content (AvgIpc) is 2.87. The fourth-order valence-electron chi connectivity index (χ4n) is 5.07. The zero-order chi connectivity index (χ0) is 24.4. The average molecular weight is 488 g/mol. The third-order valence-corrected chi connectivity index (χ3v) is 7.27. The molecule has 0 radical (unpaired) electrons. The molecule has 2 aliphatic heterocycles. The number of amides is 2. The second-order valence-corrected chi connectivity index (χ2v) is 9.91. The van der Waals surface area contributed by atoms with Gasteiger partial charge in [-0.25, -0.2) is 0 Å². The Hall–Kier alpha value is -3.15. The molecule has 2 heterocycles. The summed E-state index contributed by atoms with van der Waals surface area (Å²) in [6.07, 6.45) is 4.96. The van der Waals surface area contributed by atoms with Crippen molar-refractivity contribution in [1.82, 2.24) is 4.90 Å². The molecule has 0 spiro atoms. The van der Waals surface area contributed by atoms with Gasteiger partial charge in [0.15, 0.2) is 0 Å². The molecule has 0 aromatic heterocycles. The van der Waals surface area contributed by atoms with E-state index in [0.717, 1.165) is 54.0 Å². The van der Waals surface area contributed by atoms with E-state index in [1.54, 1.807) is 11.9 Å². The van der Waals surface area contributed by atoms with E-state index in [2.05, 4.69) is 16.3 Å². The minimum Gasteiger partial charge on any atom is -0.322 e. The van der Waals surface area contributed by atoms with Gasteiger partial charge in [-0.15, -0.1) is 0 Å². The van der Waals surface area contributed by atoms with Crippen LogP contribution >= 0.6 is 11.6 Å². The Labute approximate surface area is 211 Å². The molecule has 0 aliphatic carbocycles. The van der Waals surface area contributed by atoms with Crippen molar-refractivity contribution < 1.29 is 9.59 Å². The first-order valence-electron chi connectivity index (χ1n) is 12.3. The first kappa shape index (κ1) is 23.6. The van der Waals surface area contributed by atoms with Crippen molar-refractivity contribution in [1.29, 1.82) is 0 Å². The number of carbonyl (C=O) groups excluding carboxylic acids is 2. The fraction of sp³-hybridized carbons (Fsp3) is 0.310. The van der Waals surface area contributed by atoms with Gasteiger partial charge < -0.3 is 10.2 Å². The minimum absolute atomic E-state index is 0.0972. The zero-order valence-corrected chi connectivity index (χ0v) is 20.8. The molecule has 3 aromatic rings. The van der Waals surface area contributed by atoms with Crippen molar-refractivity contribution in [3.63, 3.8) is 0 Å². The molecule has 1 saturated heterocycles. The van der Waals surface area contributed by atoms with Crippen molar-refractivity contribution >= 4 is 34.8 Å². The molecule has 1 fully saturated rings. The summed E-state index contributed by atoms with van der Waals surface area (Å²) in [4.78, 5) is 29.5. The molecular weight excluding hydrogens is 458 g/mol. The van der Waals surface area contributed by atoms with Crippen LogP contribution in [-0.4, -0.2) is 36.9 Å². The maximum absolute atomic E-state index is 13.2. The number of nitrogens with one attached hydrogen (secondary N) is 1. The van der Waals surface area contributed by atoms with Gasteiger partial charge in [-0.2, -0.15) is 0 Å². The van der Waals surface area contributed by atoms with Crippen molar-refractivity contribution in [3.05, 3.63) is 82.4 Å². The fourth-order valence-corrected chi connectivity index (χ4v) is 5.26. The highest BCUT2D eigenvalue weighted by molar-refractivity contribution is 6.30. The Morgan fingerprint density at radius 2 is 1.80 bits per heavy atom. The Morgan fingerprint density at radius 3 is 2.60 bits per heavy atom. The second kappa shape index (κ2) is 10.2. The van der Waals surface area contributed by atoms with Gasteiger partial charge >= 0.3 is 0 Å². The zero-order valence-electron chi connectivity index (χ0n) is 20.0. The molecule has 180 valence electrons. The van der Waals surface area contributed by atoms with E-state index >= 15 is 0 Å². The molecule has 0 atom stereocenters. The van der Waals surface area contributed by atoms with Gasteiger partial charge in [0.25, 0.3) is 5.91 Å². The number of rotatable bonds is 5. The molecule has 0 saturated carbocycles. The summed E-state index contributed by atoms with van der Waals surface area (Å²) in [6, 6.07) is 19.6. The number of aryl methyl sites for hydroxylation is 1. The molecule has 0 bridgehead atoms.